The minimum atomic E-state index is 0.580. The van der Waals surface area contributed by atoms with Crippen LogP contribution in [0.3, 0.4) is 0 Å². The fraction of sp³-hybridized carbons (Fsp3) is 0. The molecule has 1 heterocycles. The van der Waals surface area contributed by atoms with Gasteiger partial charge in [0.05, 0.1) is 4.47 Å². The highest BCUT2D eigenvalue weighted by Crippen LogP contribution is 2.50. The molecular formula is C12H5BrCl2O2. The maximum atomic E-state index is 5.95. The lowest BCUT2D eigenvalue weighted by atomic mass is 10.2. The number of rotatable bonds is 0. The van der Waals surface area contributed by atoms with Crippen molar-refractivity contribution >= 4 is 39.1 Å². The van der Waals surface area contributed by atoms with Crippen LogP contribution in [-0.4, -0.2) is 0 Å². The third-order valence-corrected chi connectivity index (χ3v) is 3.35. The molecule has 0 bridgehead atoms. The van der Waals surface area contributed by atoms with E-state index in [0.29, 0.717) is 33.0 Å². The Morgan fingerprint density at radius 2 is 1.59 bits per heavy atom. The quantitative estimate of drug-likeness (QED) is 0.529. The standard InChI is InChI=1S/C12H5BrCl2O2/c13-8-3-7(15)5-11-12(8)17-10-4-6(14)1-2-9(10)16-11/h1-5H. The summed E-state index contributed by atoms with van der Waals surface area (Å²) >= 11 is 15.2. The van der Waals surface area contributed by atoms with Crippen LogP contribution < -0.4 is 9.47 Å². The molecule has 1 aliphatic rings. The van der Waals surface area contributed by atoms with E-state index in [1.807, 2.05) is 0 Å². The van der Waals surface area contributed by atoms with Crippen molar-refractivity contribution in [1.82, 2.24) is 0 Å². The lowest BCUT2D eigenvalue weighted by molar-refractivity contribution is 0.358. The van der Waals surface area contributed by atoms with Gasteiger partial charge in [-0.3, -0.25) is 0 Å². The second-order valence-electron chi connectivity index (χ2n) is 3.51. The van der Waals surface area contributed by atoms with Gasteiger partial charge in [-0.2, -0.15) is 0 Å². The first-order chi connectivity index (χ1) is 8.13. The van der Waals surface area contributed by atoms with Gasteiger partial charge in [0, 0.05) is 22.2 Å². The van der Waals surface area contributed by atoms with Crippen LogP contribution in [0.5, 0.6) is 23.0 Å². The number of hydrogen-bond donors (Lipinski definition) is 0. The fourth-order valence-corrected chi connectivity index (χ4v) is 2.61. The Morgan fingerprint density at radius 1 is 0.824 bits per heavy atom. The van der Waals surface area contributed by atoms with Gasteiger partial charge in [0.15, 0.2) is 23.0 Å². The van der Waals surface area contributed by atoms with E-state index < -0.39 is 0 Å². The van der Waals surface area contributed by atoms with Crippen LogP contribution in [0.2, 0.25) is 10.0 Å². The smallest absolute Gasteiger partial charge is 0.184 e. The summed E-state index contributed by atoms with van der Waals surface area (Å²) in [5.41, 5.74) is 0. The predicted molar refractivity (Wildman–Crippen MR) is 70.8 cm³/mol. The molecule has 3 rings (SSSR count). The molecule has 0 N–H and O–H groups in total. The van der Waals surface area contributed by atoms with Gasteiger partial charge in [0.2, 0.25) is 0 Å². The van der Waals surface area contributed by atoms with E-state index in [0.717, 1.165) is 4.47 Å². The van der Waals surface area contributed by atoms with E-state index in [2.05, 4.69) is 15.9 Å². The summed E-state index contributed by atoms with van der Waals surface area (Å²) in [5, 5.41) is 1.18. The van der Waals surface area contributed by atoms with E-state index in [1.54, 1.807) is 30.3 Å². The molecule has 0 aromatic heterocycles. The molecule has 2 nitrogen and oxygen atoms in total. The van der Waals surface area contributed by atoms with Gasteiger partial charge < -0.3 is 9.47 Å². The number of fused-ring (bicyclic) bond motifs is 2. The molecule has 0 unspecified atom stereocenters. The van der Waals surface area contributed by atoms with Crippen LogP contribution >= 0.6 is 39.1 Å². The van der Waals surface area contributed by atoms with Gasteiger partial charge in [-0.15, -0.1) is 0 Å². The molecule has 0 aliphatic carbocycles. The minimum Gasteiger partial charge on any atom is -0.449 e. The van der Waals surface area contributed by atoms with Crippen molar-refractivity contribution in [2.24, 2.45) is 0 Å². The van der Waals surface area contributed by atoms with Crippen molar-refractivity contribution in [2.45, 2.75) is 0 Å². The Labute approximate surface area is 116 Å². The molecule has 5 heteroatoms. The fourth-order valence-electron chi connectivity index (χ4n) is 1.59. The van der Waals surface area contributed by atoms with Crippen molar-refractivity contribution in [3.05, 3.63) is 44.8 Å². The predicted octanol–water partition coefficient (Wildman–Crippen LogP) is 5.65. The van der Waals surface area contributed by atoms with Crippen molar-refractivity contribution in [3.8, 4) is 23.0 Å². The SMILES string of the molecule is Clc1ccc2c(c1)Oc1c(Br)cc(Cl)cc1O2. The normalized spacial score (nSPS) is 12.2. The number of benzene rings is 2. The topological polar surface area (TPSA) is 18.5 Å². The molecule has 2 aromatic rings. The van der Waals surface area contributed by atoms with Gasteiger partial charge in [-0.1, -0.05) is 23.2 Å². The zero-order valence-electron chi connectivity index (χ0n) is 8.34. The summed E-state index contributed by atoms with van der Waals surface area (Å²) in [6.07, 6.45) is 0. The minimum absolute atomic E-state index is 0.580. The van der Waals surface area contributed by atoms with E-state index in [4.69, 9.17) is 32.7 Å². The number of ether oxygens (including phenoxy) is 2. The van der Waals surface area contributed by atoms with Crippen LogP contribution in [0, 0.1) is 0 Å². The summed E-state index contributed by atoms with van der Waals surface area (Å²) in [6.45, 7) is 0. The average Bonchev–Trinajstić information content (AvgIpc) is 2.27. The maximum Gasteiger partial charge on any atom is 0.184 e. The molecule has 86 valence electrons. The average molecular weight is 332 g/mol. The Bertz CT molecular complexity index is 614. The van der Waals surface area contributed by atoms with Crippen LogP contribution in [0.4, 0.5) is 0 Å². The van der Waals surface area contributed by atoms with Gasteiger partial charge in [-0.25, -0.2) is 0 Å². The first-order valence-electron chi connectivity index (χ1n) is 4.78. The molecule has 0 fully saturated rings. The summed E-state index contributed by atoms with van der Waals surface area (Å²) < 4.78 is 12.2. The van der Waals surface area contributed by atoms with Crippen molar-refractivity contribution in [1.29, 1.82) is 0 Å². The Balaban J connectivity index is 2.14. The zero-order chi connectivity index (χ0) is 12.0. The molecular weight excluding hydrogens is 327 g/mol. The molecule has 0 saturated heterocycles. The van der Waals surface area contributed by atoms with Crippen molar-refractivity contribution in [3.63, 3.8) is 0 Å². The third-order valence-electron chi connectivity index (χ3n) is 2.31. The molecule has 0 radical (unpaired) electrons. The van der Waals surface area contributed by atoms with Crippen LogP contribution in [0.25, 0.3) is 0 Å². The van der Waals surface area contributed by atoms with Gasteiger partial charge >= 0.3 is 0 Å². The lowest BCUT2D eigenvalue weighted by Gasteiger charge is -2.21. The number of hydrogen-bond acceptors (Lipinski definition) is 2. The first kappa shape index (κ1) is 11.2. The number of halogens is 3. The molecule has 0 spiro atoms. The first-order valence-corrected chi connectivity index (χ1v) is 6.33. The maximum absolute atomic E-state index is 5.95. The van der Waals surface area contributed by atoms with Crippen LogP contribution in [0.1, 0.15) is 0 Å². The molecule has 0 amide bonds. The molecule has 2 aromatic carbocycles. The summed E-state index contributed by atoms with van der Waals surface area (Å²) in [7, 11) is 0. The van der Waals surface area contributed by atoms with E-state index >= 15 is 0 Å². The highest BCUT2D eigenvalue weighted by atomic mass is 79.9. The highest BCUT2D eigenvalue weighted by molar-refractivity contribution is 9.10. The largest absolute Gasteiger partial charge is 0.449 e. The second kappa shape index (κ2) is 4.09. The Morgan fingerprint density at radius 3 is 2.41 bits per heavy atom. The van der Waals surface area contributed by atoms with E-state index in [-0.39, 0.29) is 0 Å². The molecule has 0 saturated carbocycles. The molecule has 1 aliphatic heterocycles. The van der Waals surface area contributed by atoms with Crippen molar-refractivity contribution < 1.29 is 9.47 Å². The van der Waals surface area contributed by atoms with E-state index in [9.17, 15) is 0 Å². The third kappa shape index (κ3) is 1.99. The summed E-state index contributed by atoms with van der Waals surface area (Å²) in [4.78, 5) is 0. The zero-order valence-corrected chi connectivity index (χ0v) is 11.4. The summed E-state index contributed by atoms with van der Waals surface area (Å²) in [6, 6.07) is 8.67. The van der Waals surface area contributed by atoms with E-state index in [1.165, 1.54) is 0 Å². The Hall–Kier alpha value is -0.900. The lowest BCUT2D eigenvalue weighted by Crippen LogP contribution is -1.99. The van der Waals surface area contributed by atoms with Crippen LogP contribution in [-0.2, 0) is 0 Å². The highest BCUT2D eigenvalue weighted by Gasteiger charge is 2.21. The van der Waals surface area contributed by atoms with Gasteiger partial charge in [0.25, 0.3) is 0 Å². The van der Waals surface area contributed by atoms with Gasteiger partial charge in [0.1, 0.15) is 0 Å². The summed E-state index contributed by atoms with van der Waals surface area (Å²) in [5.74, 6) is 2.40. The second-order valence-corrected chi connectivity index (χ2v) is 5.24. The molecule has 17 heavy (non-hydrogen) atoms. The van der Waals surface area contributed by atoms with Crippen molar-refractivity contribution in [2.75, 3.05) is 0 Å². The molecule has 0 atom stereocenters. The van der Waals surface area contributed by atoms with Crippen LogP contribution in [0.15, 0.2) is 34.8 Å². The van der Waals surface area contributed by atoms with Gasteiger partial charge in [-0.05, 0) is 34.1 Å². The monoisotopic (exact) mass is 330 g/mol. The Kier molecular flexibility index (Phi) is 2.69.